The molecule has 0 saturated carbocycles. The molecule has 0 radical (unpaired) electrons. The summed E-state index contributed by atoms with van der Waals surface area (Å²) in [6.45, 7) is 7.59. The second-order valence-corrected chi connectivity index (χ2v) is 5.09. The highest BCUT2D eigenvalue weighted by Gasteiger charge is 2.28. The number of aliphatic hydroxyl groups is 1. The molecule has 0 spiro atoms. The molecule has 1 aliphatic heterocycles. The van der Waals surface area contributed by atoms with Gasteiger partial charge >= 0.3 is 0 Å². The minimum absolute atomic E-state index is 0.00748. The highest BCUT2D eigenvalue weighted by atomic mass is 16.3. The molecule has 4 nitrogen and oxygen atoms in total. The van der Waals surface area contributed by atoms with E-state index in [9.17, 15) is 9.90 Å². The van der Waals surface area contributed by atoms with E-state index < -0.39 is 0 Å². The van der Waals surface area contributed by atoms with Crippen LogP contribution in [-0.2, 0) is 4.79 Å². The highest BCUT2D eigenvalue weighted by Crippen LogP contribution is 2.18. The summed E-state index contributed by atoms with van der Waals surface area (Å²) in [6.07, 6.45) is 1.19. The predicted molar refractivity (Wildman–Crippen MR) is 59.5 cm³/mol. The van der Waals surface area contributed by atoms with Crippen LogP contribution >= 0.6 is 0 Å². The van der Waals surface area contributed by atoms with Crippen molar-refractivity contribution in [1.29, 1.82) is 0 Å². The molecule has 0 aromatic heterocycles. The standard InChI is InChI=1S/C11H22N2O2/c1-4-11(2,3)7-13-10(15)9-5-8(14)6-12-9/h8-9,12,14H,4-7H2,1-3H3,(H,13,15). The van der Waals surface area contributed by atoms with Gasteiger partial charge in [-0.1, -0.05) is 20.8 Å². The van der Waals surface area contributed by atoms with Crippen LogP contribution in [0.5, 0.6) is 0 Å². The molecule has 1 heterocycles. The van der Waals surface area contributed by atoms with Gasteiger partial charge in [0.25, 0.3) is 0 Å². The van der Waals surface area contributed by atoms with E-state index in [1.165, 1.54) is 0 Å². The van der Waals surface area contributed by atoms with Crippen molar-refractivity contribution in [3.63, 3.8) is 0 Å². The van der Waals surface area contributed by atoms with Crippen LogP contribution in [0.15, 0.2) is 0 Å². The van der Waals surface area contributed by atoms with Crippen LogP contribution in [0.2, 0.25) is 0 Å². The summed E-state index contributed by atoms with van der Waals surface area (Å²) in [6, 6.07) is -0.215. The zero-order chi connectivity index (χ0) is 11.5. The first kappa shape index (κ1) is 12.5. The van der Waals surface area contributed by atoms with E-state index in [2.05, 4.69) is 31.4 Å². The maximum Gasteiger partial charge on any atom is 0.237 e. The zero-order valence-corrected chi connectivity index (χ0v) is 9.84. The minimum atomic E-state index is -0.375. The fraction of sp³-hybridized carbons (Fsp3) is 0.909. The highest BCUT2D eigenvalue weighted by molar-refractivity contribution is 5.82. The van der Waals surface area contributed by atoms with Crippen molar-refractivity contribution in [3.05, 3.63) is 0 Å². The molecule has 15 heavy (non-hydrogen) atoms. The maximum absolute atomic E-state index is 11.7. The molecular formula is C11H22N2O2. The van der Waals surface area contributed by atoms with Crippen LogP contribution < -0.4 is 10.6 Å². The average molecular weight is 214 g/mol. The van der Waals surface area contributed by atoms with E-state index in [4.69, 9.17) is 0 Å². The van der Waals surface area contributed by atoms with E-state index in [-0.39, 0.29) is 23.5 Å². The lowest BCUT2D eigenvalue weighted by Crippen LogP contribution is -2.43. The summed E-state index contributed by atoms with van der Waals surface area (Å²) in [5, 5.41) is 15.2. The third-order valence-corrected chi connectivity index (χ3v) is 3.12. The van der Waals surface area contributed by atoms with Crippen LogP contribution in [0.1, 0.15) is 33.6 Å². The number of hydrogen-bond acceptors (Lipinski definition) is 3. The van der Waals surface area contributed by atoms with Crippen molar-refractivity contribution in [2.45, 2.75) is 45.8 Å². The third kappa shape index (κ3) is 3.80. The van der Waals surface area contributed by atoms with Crippen LogP contribution in [0, 0.1) is 5.41 Å². The lowest BCUT2D eigenvalue weighted by Gasteiger charge is -2.23. The molecule has 0 aliphatic carbocycles. The normalized spacial score (nSPS) is 26.7. The molecule has 2 atom stereocenters. The number of rotatable bonds is 4. The van der Waals surface area contributed by atoms with Crippen LogP contribution in [0.3, 0.4) is 0 Å². The van der Waals surface area contributed by atoms with Crippen molar-refractivity contribution in [1.82, 2.24) is 10.6 Å². The van der Waals surface area contributed by atoms with Crippen molar-refractivity contribution in [2.24, 2.45) is 5.41 Å². The van der Waals surface area contributed by atoms with Crippen molar-refractivity contribution in [3.8, 4) is 0 Å². The van der Waals surface area contributed by atoms with Crippen molar-refractivity contribution in [2.75, 3.05) is 13.1 Å². The predicted octanol–water partition coefficient (Wildman–Crippen LogP) is 0.262. The largest absolute Gasteiger partial charge is 0.392 e. The van der Waals surface area contributed by atoms with Gasteiger partial charge in [0.2, 0.25) is 5.91 Å². The fourth-order valence-electron chi connectivity index (χ4n) is 1.49. The first-order valence-electron chi connectivity index (χ1n) is 5.64. The summed E-state index contributed by atoms with van der Waals surface area (Å²) in [5.74, 6) is 0.00748. The van der Waals surface area contributed by atoms with Crippen LogP contribution in [-0.4, -0.2) is 36.2 Å². The molecule has 1 rings (SSSR count). The molecule has 1 fully saturated rings. The summed E-state index contributed by atoms with van der Waals surface area (Å²) >= 11 is 0. The van der Waals surface area contributed by atoms with E-state index in [1.807, 2.05) is 0 Å². The Balaban J connectivity index is 2.30. The van der Waals surface area contributed by atoms with Crippen molar-refractivity contribution >= 4 is 5.91 Å². The Bertz CT molecular complexity index is 229. The first-order chi connectivity index (χ1) is 6.94. The molecule has 0 bridgehead atoms. The van der Waals surface area contributed by atoms with Crippen LogP contribution in [0.25, 0.3) is 0 Å². The quantitative estimate of drug-likeness (QED) is 0.629. The molecule has 0 aromatic carbocycles. The Labute approximate surface area is 91.4 Å². The number of amides is 1. The van der Waals surface area contributed by atoms with E-state index in [1.54, 1.807) is 0 Å². The lowest BCUT2D eigenvalue weighted by molar-refractivity contribution is -0.123. The monoisotopic (exact) mass is 214 g/mol. The van der Waals surface area contributed by atoms with Gasteiger partial charge in [-0.25, -0.2) is 0 Å². The van der Waals surface area contributed by atoms with Gasteiger partial charge < -0.3 is 15.7 Å². The number of carbonyl (C=O) groups excluding carboxylic acids is 1. The van der Waals surface area contributed by atoms with Crippen molar-refractivity contribution < 1.29 is 9.90 Å². The first-order valence-corrected chi connectivity index (χ1v) is 5.64. The van der Waals surface area contributed by atoms with Gasteiger partial charge in [-0.05, 0) is 18.3 Å². The van der Waals surface area contributed by atoms with Gasteiger partial charge in [0, 0.05) is 13.1 Å². The molecule has 1 amide bonds. The Hall–Kier alpha value is -0.610. The molecule has 1 saturated heterocycles. The second-order valence-electron chi connectivity index (χ2n) is 5.09. The number of hydrogen-bond donors (Lipinski definition) is 3. The number of carbonyl (C=O) groups is 1. The summed E-state index contributed by atoms with van der Waals surface area (Å²) in [5.41, 5.74) is 0.146. The zero-order valence-electron chi connectivity index (χ0n) is 9.84. The number of aliphatic hydroxyl groups excluding tert-OH is 1. The number of nitrogens with one attached hydrogen (secondary N) is 2. The molecule has 88 valence electrons. The SMILES string of the molecule is CCC(C)(C)CNC(=O)C1CC(O)CN1. The van der Waals surface area contributed by atoms with Crippen LogP contribution in [0.4, 0.5) is 0 Å². The molecule has 0 aromatic rings. The Kier molecular flexibility index (Phi) is 4.11. The molecule has 3 N–H and O–H groups in total. The molecule has 4 heteroatoms. The summed E-state index contributed by atoms with van der Waals surface area (Å²) < 4.78 is 0. The molecular weight excluding hydrogens is 192 g/mol. The topological polar surface area (TPSA) is 61.4 Å². The van der Waals surface area contributed by atoms with E-state index in [0.717, 1.165) is 6.42 Å². The Morgan fingerprint density at radius 3 is 2.73 bits per heavy atom. The van der Waals surface area contributed by atoms with Gasteiger partial charge in [0.15, 0.2) is 0 Å². The van der Waals surface area contributed by atoms with Gasteiger partial charge in [0.1, 0.15) is 0 Å². The van der Waals surface area contributed by atoms with Gasteiger partial charge in [-0.15, -0.1) is 0 Å². The Morgan fingerprint density at radius 1 is 1.60 bits per heavy atom. The number of β-amino-alcohol motifs (C(OH)–C–C–N with tert-alkyl or cyclic N) is 1. The smallest absolute Gasteiger partial charge is 0.237 e. The van der Waals surface area contributed by atoms with E-state index >= 15 is 0 Å². The third-order valence-electron chi connectivity index (χ3n) is 3.12. The maximum atomic E-state index is 11.7. The molecule has 1 aliphatic rings. The second kappa shape index (κ2) is 4.94. The molecule has 2 unspecified atom stereocenters. The van der Waals surface area contributed by atoms with Gasteiger partial charge in [0.05, 0.1) is 12.1 Å². The Morgan fingerprint density at radius 2 is 2.27 bits per heavy atom. The summed E-state index contributed by atoms with van der Waals surface area (Å²) in [7, 11) is 0. The van der Waals surface area contributed by atoms with Gasteiger partial charge in [-0.3, -0.25) is 4.79 Å². The fourth-order valence-corrected chi connectivity index (χ4v) is 1.49. The average Bonchev–Trinajstić information content (AvgIpc) is 2.61. The minimum Gasteiger partial charge on any atom is -0.392 e. The summed E-state index contributed by atoms with van der Waals surface area (Å²) in [4.78, 5) is 11.7. The lowest BCUT2D eigenvalue weighted by atomic mass is 9.90. The van der Waals surface area contributed by atoms with Gasteiger partial charge in [-0.2, -0.15) is 0 Å². The van der Waals surface area contributed by atoms with E-state index in [0.29, 0.717) is 19.5 Å².